The fourth-order valence-electron chi connectivity index (χ4n) is 1.44. The van der Waals surface area contributed by atoms with E-state index >= 15 is 0 Å². The van der Waals surface area contributed by atoms with E-state index < -0.39 is 5.97 Å². The summed E-state index contributed by atoms with van der Waals surface area (Å²) in [6, 6.07) is 0. The molecule has 0 aromatic rings. The molecule has 0 aromatic carbocycles. The molecule has 1 rings (SSSR count). The van der Waals surface area contributed by atoms with Crippen LogP contribution >= 0.6 is 0 Å². The quantitative estimate of drug-likeness (QED) is 0.517. The maximum atomic E-state index is 10.2. The summed E-state index contributed by atoms with van der Waals surface area (Å²) in [7, 11) is 0. The van der Waals surface area contributed by atoms with E-state index in [2.05, 4.69) is 13.8 Å². The third-order valence-corrected chi connectivity index (χ3v) is 1.93. The maximum Gasteiger partial charge on any atom is 0.358 e. The number of carbonyl (C=O) groups excluding carboxylic acids is 1. The van der Waals surface area contributed by atoms with Crippen molar-refractivity contribution in [3.8, 4) is 0 Å². The van der Waals surface area contributed by atoms with Gasteiger partial charge >= 0.3 is 5.97 Å². The average molecular weight is 122 g/mol. The summed E-state index contributed by atoms with van der Waals surface area (Å²) >= 11 is 0. The second-order valence-electron chi connectivity index (χ2n) is 3.59. The summed E-state index contributed by atoms with van der Waals surface area (Å²) in [6.45, 7) is 4.15. The number of carbonyl (C=O) groups is 1. The Morgan fingerprint density at radius 3 is 2.11 bits per heavy atom. The highest BCUT2D eigenvalue weighted by molar-refractivity contribution is 5.70. The molecule has 0 spiro atoms. The summed E-state index contributed by atoms with van der Waals surface area (Å²) in [6.07, 6.45) is 1.57. The van der Waals surface area contributed by atoms with E-state index in [-0.39, 0.29) is 11.3 Å². The van der Waals surface area contributed by atoms with Crippen molar-refractivity contribution in [2.75, 3.05) is 0 Å². The first-order chi connectivity index (χ1) is 4.01. The molecule has 0 unspecified atom stereocenters. The van der Waals surface area contributed by atoms with Gasteiger partial charge in [0.2, 0.25) is 0 Å². The third-order valence-electron chi connectivity index (χ3n) is 1.93. The van der Waals surface area contributed by atoms with Crippen LogP contribution in [0.15, 0.2) is 0 Å². The Balaban J connectivity index is 2.35. The van der Waals surface area contributed by atoms with Gasteiger partial charge < -0.3 is 0 Å². The zero-order valence-electron chi connectivity index (χ0n) is 5.81. The lowest BCUT2D eigenvalue weighted by Gasteiger charge is -2.39. The van der Waals surface area contributed by atoms with Crippen LogP contribution in [0, 0.1) is 11.3 Å². The molecule has 1 saturated carbocycles. The third kappa shape index (κ3) is 1.23. The van der Waals surface area contributed by atoms with Crippen molar-refractivity contribution >= 4 is 5.97 Å². The van der Waals surface area contributed by atoms with Gasteiger partial charge in [0, 0.05) is 0 Å². The van der Waals surface area contributed by atoms with Crippen molar-refractivity contribution in [1.82, 2.24) is 0 Å². The van der Waals surface area contributed by atoms with Gasteiger partial charge in [0.25, 0.3) is 0 Å². The molecule has 0 saturated heterocycles. The van der Waals surface area contributed by atoms with E-state index in [4.69, 9.17) is 0 Å². The van der Waals surface area contributed by atoms with E-state index in [9.17, 15) is 9.90 Å². The molecule has 1 fully saturated rings. The van der Waals surface area contributed by atoms with Crippen molar-refractivity contribution in [2.45, 2.75) is 26.7 Å². The minimum Gasteiger partial charge on any atom is -0.247 e. The van der Waals surface area contributed by atoms with E-state index in [1.54, 1.807) is 0 Å². The first-order valence-electron chi connectivity index (χ1n) is 3.22. The minimum absolute atomic E-state index is 0.167. The number of hydrogen-bond acceptors (Lipinski definition) is 1. The highest BCUT2D eigenvalue weighted by Crippen LogP contribution is 2.44. The molecule has 0 atom stereocenters. The molecule has 0 heterocycles. The molecule has 0 amide bonds. The van der Waals surface area contributed by atoms with E-state index in [0.717, 1.165) is 12.8 Å². The minimum atomic E-state index is -0.880. The van der Waals surface area contributed by atoms with Gasteiger partial charge in [-0.15, -0.1) is 0 Å². The fraction of sp³-hybridized carbons (Fsp3) is 0.857. The molecule has 1 radical (unpaired) electrons. The standard InChI is InChI=1S/C7H11O2/c1-7(2)3-5(4-7)6(8)9/h5H,3-4H2,1-2H3/i8-5. The molecule has 2 nitrogen and oxygen atoms in total. The summed E-state index contributed by atoms with van der Waals surface area (Å²) < 4.78 is 0. The summed E-state index contributed by atoms with van der Waals surface area (Å²) in [5.41, 5.74) is 0.255. The van der Waals surface area contributed by atoms with Crippen molar-refractivity contribution < 1.29 is 9.90 Å². The zero-order chi connectivity index (χ0) is 7.07. The molecule has 0 bridgehead atoms. The van der Waals surface area contributed by atoms with Crippen LogP contribution in [0.4, 0.5) is 0 Å². The molecule has 0 N–H and O–H groups in total. The van der Waals surface area contributed by atoms with E-state index in [1.165, 1.54) is 0 Å². The van der Waals surface area contributed by atoms with Crippen LogP contribution in [0.2, 0.25) is 0 Å². The lowest BCUT2D eigenvalue weighted by molar-refractivity contribution is -0.155. The largest absolute Gasteiger partial charge is 0.358 e. The normalized spacial score (nSPS) is 25.1. The molecule has 0 aliphatic heterocycles. The van der Waals surface area contributed by atoms with Crippen LogP contribution in [0.25, 0.3) is 0 Å². The molecular weight excluding hydrogens is 111 g/mol. The number of hydrogen-bond donors (Lipinski definition) is 0. The topological polar surface area (TPSA) is 37.0 Å². The second kappa shape index (κ2) is 1.72. The SMILES string of the molecule is CC1(C)CC(C(=O)[11O])C1. The van der Waals surface area contributed by atoms with Gasteiger partial charge in [-0.2, -0.15) is 0 Å². The maximum absolute atomic E-state index is 10.2. The monoisotopic (exact) mass is 122 g/mol. The van der Waals surface area contributed by atoms with Gasteiger partial charge in [0.15, 0.2) is 0 Å². The Kier molecular flexibility index (Phi) is 1.26. The van der Waals surface area contributed by atoms with Crippen molar-refractivity contribution in [3.05, 3.63) is 0 Å². The highest BCUT2D eigenvalue weighted by Gasteiger charge is 2.41. The predicted molar refractivity (Wildman–Crippen MR) is 32.2 cm³/mol. The van der Waals surface area contributed by atoms with Gasteiger partial charge in [-0.1, -0.05) is 13.8 Å². The van der Waals surface area contributed by atoms with Gasteiger partial charge in [-0.05, 0) is 18.3 Å². The van der Waals surface area contributed by atoms with Crippen molar-refractivity contribution in [3.63, 3.8) is 0 Å². The summed E-state index contributed by atoms with van der Waals surface area (Å²) in [5, 5.41) is 10.2. The van der Waals surface area contributed by atoms with Gasteiger partial charge in [-0.3, -0.25) is 0 Å². The van der Waals surface area contributed by atoms with Crippen molar-refractivity contribution in [2.24, 2.45) is 11.3 Å². The zero-order valence-corrected chi connectivity index (χ0v) is 5.81. The number of rotatable bonds is 1. The van der Waals surface area contributed by atoms with Crippen LogP contribution in [0.1, 0.15) is 26.7 Å². The molecule has 9 heavy (non-hydrogen) atoms. The van der Waals surface area contributed by atoms with Crippen LogP contribution in [0.3, 0.4) is 0 Å². The Hall–Kier alpha value is -0.530. The van der Waals surface area contributed by atoms with E-state index in [0.29, 0.717) is 0 Å². The Labute approximate surface area is 54.9 Å². The summed E-state index contributed by atoms with van der Waals surface area (Å²) in [5.74, 6) is -1.05. The molecule has 1 aliphatic carbocycles. The second-order valence-corrected chi connectivity index (χ2v) is 3.59. The lowest BCUT2D eigenvalue weighted by atomic mass is 9.61. The average Bonchev–Trinajstić information content (AvgIpc) is 1.59. The molecule has 2 heteroatoms. The first-order valence-corrected chi connectivity index (χ1v) is 3.22. The van der Waals surface area contributed by atoms with Crippen LogP contribution in [-0.2, 0) is 9.90 Å². The van der Waals surface area contributed by atoms with Crippen LogP contribution in [-0.4, -0.2) is 5.97 Å². The molecule has 51 valence electrons. The Morgan fingerprint density at radius 2 is 2.00 bits per heavy atom. The van der Waals surface area contributed by atoms with E-state index in [1.807, 2.05) is 0 Å². The smallest absolute Gasteiger partial charge is 0.247 e. The van der Waals surface area contributed by atoms with Crippen LogP contribution in [0.5, 0.6) is 0 Å². The summed E-state index contributed by atoms with van der Waals surface area (Å²) in [4.78, 5) is 10.2. The first kappa shape index (κ1) is 6.59. The van der Waals surface area contributed by atoms with Gasteiger partial charge in [-0.25, -0.2) is 9.90 Å². The Morgan fingerprint density at radius 1 is 1.56 bits per heavy atom. The van der Waals surface area contributed by atoms with Crippen molar-refractivity contribution in [1.29, 1.82) is 0 Å². The Bertz CT molecular complexity index is 130. The fourth-order valence-corrected chi connectivity index (χ4v) is 1.44. The van der Waals surface area contributed by atoms with Crippen LogP contribution < -0.4 is 0 Å². The molecule has 0 aromatic heterocycles. The van der Waals surface area contributed by atoms with Gasteiger partial charge in [0.05, 0.1) is 5.92 Å². The predicted octanol–water partition coefficient (Wildman–Crippen LogP) is 1.38. The lowest BCUT2D eigenvalue weighted by Crippen LogP contribution is -2.36. The molecular formula is C7H11O2. The molecule has 1 aliphatic rings. The highest BCUT2D eigenvalue weighted by atomic mass is 16.1. The van der Waals surface area contributed by atoms with Gasteiger partial charge in [0.1, 0.15) is 0 Å².